The molecule has 0 aliphatic carbocycles. The lowest BCUT2D eigenvalue weighted by atomic mass is 10.1. The van der Waals surface area contributed by atoms with Crippen molar-refractivity contribution in [1.82, 2.24) is 0 Å². The lowest BCUT2D eigenvalue weighted by Gasteiger charge is -2.00. The van der Waals surface area contributed by atoms with Crippen LogP contribution in [0.4, 0.5) is 0 Å². The minimum Gasteiger partial charge on any atom is -0.507 e. The van der Waals surface area contributed by atoms with Gasteiger partial charge in [0.2, 0.25) is 0 Å². The summed E-state index contributed by atoms with van der Waals surface area (Å²) in [5.74, 6) is -1.19. The van der Waals surface area contributed by atoms with Gasteiger partial charge >= 0.3 is 5.97 Å². The Kier molecular flexibility index (Phi) is 3.47. The van der Waals surface area contributed by atoms with E-state index in [-0.39, 0.29) is 17.7 Å². The Bertz CT molecular complexity index is 444. The third-order valence-electron chi connectivity index (χ3n) is 1.78. The van der Waals surface area contributed by atoms with E-state index < -0.39 is 5.97 Å². The molecular formula is C11H9NO3. The van der Waals surface area contributed by atoms with Crippen LogP contribution >= 0.6 is 0 Å². The molecule has 1 rings (SSSR count). The maximum atomic E-state index is 10.6. The van der Waals surface area contributed by atoms with Crippen molar-refractivity contribution in [3.05, 3.63) is 35.4 Å². The molecule has 0 radical (unpaired) electrons. The van der Waals surface area contributed by atoms with Gasteiger partial charge in [0, 0.05) is 5.56 Å². The molecule has 4 heteroatoms. The summed E-state index contributed by atoms with van der Waals surface area (Å²) in [6.07, 6.45) is 3.42. The second kappa shape index (κ2) is 4.82. The summed E-state index contributed by atoms with van der Waals surface area (Å²) in [6.45, 7) is 0. The summed E-state index contributed by atoms with van der Waals surface area (Å²) in [5, 5.41) is 26.4. The van der Waals surface area contributed by atoms with Crippen molar-refractivity contribution in [3.8, 4) is 11.8 Å². The number of aromatic carboxylic acids is 1. The molecule has 0 bridgehead atoms. The summed E-state index contributed by atoms with van der Waals surface area (Å²) in [7, 11) is 0. The number of hydrogen-bond acceptors (Lipinski definition) is 3. The van der Waals surface area contributed by atoms with Gasteiger partial charge in [0.05, 0.1) is 18.1 Å². The van der Waals surface area contributed by atoms with E-state index in [2.05, 4.69) is 0 Å². The summed E-state index contributed by atoms with van der Waals surface area (Å²) in [4.78, 5) is 10.6. The highest BCUT2D eigenvalue weighted by Gasteiger charge is 2.05. The van der Waals surface area contributed by atoms with Crippen molar-refractivity contribution in [1.29, 1.82) is 5.26 Å². The number of nitrogens with zero attached hydrogens (tertiary/aromatic N) is 1. The average Bonchev–Trinajstić information content (AvgIpc) is 2.20. The molecule has 0 fully saturated rings. The number of phenolic OH excluding ortho intramolecular Hbond substituents is 1. The van der Waals surface area contributed by atoms with Crippen molar-refractivity contribution >= 4 is 12.0 Å². The lowest BCUT2D eigenvalue weighted by Crippen LogP contribution is -1.95. The molecule has 0 saturated heterocycles. The molecule has 0 heterocycles. The monoisotopic (exact) mass is 203 g/mol. The number of aromatic hydroxyl groups is 1. The standard InChI is InChI=1S/C11H9NO3/c12-6-2-1-3-8-4-5-9(11(14)15)7-10(8)13/h1,3-5,7,13H,2H2,(H,14,15). The molecule has 0 aromatic heterocycles. The van der Waals surface area contributed by atoms with Gasteiger partial charge in [0.25, 0.3) is 0 Å². The summed E-state index contributed by atoms with van der Waals surface area (Å²) >= 11 is 0. The number of benzene rings is 1. The zero-order chi connectivity index (χ0) is 11.3. The first kappa shape index (κ1) is 10.8. The van der Waals surface area contributed by atoms with Crippen LogP contribution in [0.3, 0.4) is 0 Å². The van der Waals surface area contributed by atoms with Crippen LogP contribution in [-0.4, -0.2) is 16.2 Å². The molecule has 0 aliphatic rings. The molecule has 0 aliphatic heterocycles. The maximum absolute atomic E-state index is 10.6. The van der Waals surface area contributed by atoms with Crippen LogP contribution in [0.25, 0.3) is 6.08 Å². The number of allylic oxidation sites excluding steroid dienone is 1. The zero-order valence-electron chi connectivity index (χ0n) is 7.84. The summed E-state index contributed by atoms with van der Waals surface area (Å²) in [5.41, 5.74) is 0.528. The van der Waals surface area contributed by atoms with Gasteiger partial charge in [-0.15, -0.1) is 0 Å². The fraction of sp³-hybridized carbons (Fsp3) is 0.0909. The number of nitriles is 1. The van der Waals surface area contributed by atoms with Crippen LogP contribution in [0, 0.1) is 11.3 Å². The van der Waals surface area contributed by atoms with E-state index in [1.165, 1.54) is 18.2 Å². The van der Waals surface area contributed by atoms with Crippen molar-refractivity contribution in [2.45, 2.75) is 6.42 Å². The van der Waals surface area contributed by atoms with Gasteiger partial charge in [-0.05, 0) is 12.1 Å². The molecule has 0 saturated carbocycles. The average molecular weight is 203 g/mol. The molecule has 2 N–H and O–H groups in total. The van der Waals surface area contributed by atoms with Crippen LogP contribution in [0.5, 0.6) is 5.75 Å². The molecule has 0 unspecified atom stereocenters. The third kappa shape index (κ3) is 2.85. The van der Waals surface area contributed by atoms with Crippen LogP contribution in [0.1, 0.15) is 22.3 Å². The zero-order valence-corrected chi connectivity index (χ0v) is 7.84. The molecule has 1 aromatic carbocycles. The van der Waals surface area contributed by atoms with Crippen LogP contribution in [-0.2, 0) is 0 Å². The number of carbonyl (C=O) groups is 1. The van der Waals surface area contributed by atoms with Crippen molar-refractivity contribution in [2.75, 3.05) is 0 Å². The van der Waals surface area contributed by atoms with Gasteiger partial charge in [-0.2, -0.15) is 5.26 Å². The Labute approximate surface area is 86.7 Å². The largest absolute Gasteiger partial charge is 0.507 e. The minimum atomic E-state index is -1.09. The predicted molar refractivity (Wildman–Crippen MR) is 54.3 cm³/mol. The van der Waals surface area contributed by atoms with E-state index in [1.54, 1.807) is 12.2 Å². The highest BCUT2D eigenvalue weighted by atomic mass is 16.4. The Balaban J connectivity index is 2.94. The highest BCUT2D eigenvalue weighted by Crippen LogP contribution is 2.20. The van der Waals surface area contributed by atoms with E-state index in [4.69, 9.17) is 10.4 Å². The van der Waals surface area contributed by atoms with Gasteiger partial charge in [0.15, 0.2) is 0 Å². The molecule has 4 nitrogen and oxygen atoms in total. The van der Waals surface area contributed by atoms with E-state index >= 15 is 0 Å². The molecule has 0 spiro atoms. The van der Waals surface area contributed by atoms with Gasteiger partial charge in [0.1, 0.15) is 5.75 Å². The first-order valence-electron chi connectivity index (χ1n) is 4.25. The quantitative estimate of drug-likeness (QED) is 0.787. The number of carboxylic acids is 1. The Morgan fingerprint density at radius 2 is 2.27 bits per heavy atom. The normalized spacial score (nSPS) is 10.1. The lowest BCUT2D eigenvalue weighted by molar-refractivity contribution is 0.0696. The summed E-state index contributed by atoms with van der Waals surface area (Å²) in [6, 6.07) is 5.99. The Morgan fingerprint density at radius 3 is 2.80 bits per heavy atom. The minimum absolute atomic E-state index is 0.0323. The smallest absolute Gasteiger partial charge is 0.335 e. The first-order valence-corrected chi connectivity index (χ1v) is 4.25. The topological polar surface area (TPSA) is 81.3 Å². The summed E-state index contributed by atoms with van der Waals surface area (Å²) < 4.78 is 0. The van der Waals surface area contributed by atoms with E-state index in [1.807, 2.05) is 6.07 Å². The number of phenols is 1. The number of carboxylic acid groups (broad SMARTS) is 1. The van der Waals surface area contributed by atoms with E-state index in [0.29, 0.717) is 5.56 Å². The second-order valence-electron chi connectivity index (χ2n) is 2.84. The predicted octanol–water partition coefficient (Wildman–Crippen LogP) is 2.02. The van der Waals surface area contributed by atoms with Gasteiger partial charge < -0.3 is 10.2 Å². The van der Waals surface area contributed by atoms with Crippen LogP contribution in [0.15, 0.2) is 24.3 Å². The fourth-order valence-corrected chi connectivity index (χ4v) is 1.06. The Morgan fingerprint density at radius 1 is 1.53 bits per heavy atom. The molecule has 0 atom stereocenters. The molecular weight excluding hydrogens is 194 g/mol. The van der Waals surface area contributed by atoms with Gasteiger partial charge in [-0.1, -0.05) is 18.2 Å². The SMILES string of the molecule is N#CCC=Cc1ccc(C(=O)O)cc1O. The molecule has 1 aromatic rings. The first-order chi connectivity index (χ1) is 7.15. The van der Waals surface area contributed by atoms with E-state index in [9.17, 15) is 9.90 Å². The van der Waals surface area contributed by atoms with Crippen molar-refractivity contribution in [3.63, 3.8) is 0 Å². The van der Waals surface area contributed by atoms with Crippen LogP contribution in [0.2, 0.25) is 0 Å². The number of hydrogen-bond donors (Lipinski definition) is 2. The molecule has 15 heavy (non-hydrogen) atoms. The molecule has 76 valence electrons. The van der Waals surface area contributed by atoms with Gasteiger partial charge in [-0.25, -0.2) is 4.79 Å². The molecule has 0 amide bonds. The van der Waals surface area contributed by atoms with Crippen LogP contribution < -0.4 is 0 Å². The Hall–Kier alpha value is -2.28. The second-order valence-corrected chi connectivity index (χ2v) is 2.84. The third-order valence-corrected chi connectivity index (χ3v) is 1.78. The fourth-order valence-electron chi connectivity index (χ4n) is 1.06. The van der Waals surface area contributed by atoms with E-state index in [0.717, 1.165) is 0 Å². The maximum Gasteiger partial charge on any atom is 0.335 e. The highest BCUT2D eigenvalue weighted by molar-refractivity contribution is 5.88. The van der Waals surface area contributed by atoms with Crippen molar-refractivity contribution < 1.29 is 15.0 Å². The number of rotatable bonds is 3. The van der Waals surface area contributed by atoms with Crippen molar-refractivity contribution in [2.24, 2.45) is 0 Å². The van der Waals surface area contributed by atoms with Gasteiger partial charge in [-0.3, -0.25) is 0 Å².